The lowest BCUT2D eigenvalue weighted by atomic mass is 10.1. The van der Waals surface area contributed by atoms with Crippen LogP contribution in [0.3, 0.4) is 0 Å². The van der Waals surface area contributed by atoms with Crippen LogP contribution in [0.15, 0.2) is 54.6 Å². The molecule has 1 amide bonds. The maximum Gasteiger partial charge on any atom is 0.326 e. The quantitative estimate of drug-likeness (QED) is 0.887. The number of carbonyl (C=O) groups excluding carboxylic acids is 1. The van der Waals surface area contributed by atoms with Gasteiger partial charge in [0.15, 0.2) is 0 Å². The van der Waals surface area contributed by atoms with Crippen LogP contribution in [0, 0.1) is 0 Å². The molecule has 0 saturated carbocycles. The number of benzene rings is 2. The smallest absolute Gasteiger partial charge is 0.326 e. The van der Waals surface area contributed by atoms with E-state index in [0.29, 0.717) is 31.7 Å². The molecule has 1 atom stereocenters. The Morgan fingerprint density at radius 1 is 1.12 bits per heavy atom. The van der Waals surface area contributed by atoms with E-state index in [1.165, 1.54) is 4.90 Å². The lowest BCUT2D eigenvalue weighted by Crippen LogP contribution is -2.37. The first-order chi connectivity index (χ1) is 11.6. The molecule has 1 aliphatic rings. The Balaban J connectivity index is 1.66. The molecule has 0 unspecified atom stereocenters. The Morgan fingerprint density at radius 2 is 1.88 bits per heavy atom. The summed E-state index contributed by atoms with van der Waals surface area (Å²) in [5.41, 5.74) is 1.94. The number of ether oxygens (including phenoxy) is 1. The molecule has 5 nitrogen and oxygen atoms in total. The minimum Gasteiger partial charge on any atom is -0.489 e. The van der Waals surface area contributed by atoms with Gasteiger partial charge in [-0.15, -0.1) is 0 Å². The van der Waals surface area contributed by atoms with Crippen molar-refractivity contribution in [3.63, 3.8) is 0 Å². The summed E-state index contributed by atoms with van der Waals surface area (Å²) in [6.07, 6.45) is 0.666. The third-order valence-electron chi connectivity index (χ3n) is 4.11. The highest BCUT2D eigenvalue weighted by atomic mass is 16.5. The Labute approximate surface area is 140 Å². The van der Waals surface area contributed by atoms with Gasteiger partial charge in [-0.3, -0.25) is 4.79 Å². The monoisotopic (exact) mass is 325 g/mol. The van der Waals surface area contributed by atoms with E-state index in [2.05, 4.69) is 0 Å². The van der Waals surface area contributed by atoms with Crippen LogP contribution in [-0.4, -0.2) is 27.9 Å². The minimum absolute atomic E-state index is 0.113. The second-order valence-electron chi connectivity index (χ2n) is 5.84. The van der Waals surface area contributed by atoms with E-state index in [0.717, 1.165) is 11.1 Å². The summed E-state index contributed by atoms with van der Waals surface area (Å²) in [6, 6.07) is 16.6. The van der Waals surface area contributed by atoms with Gasteiger partial charge in [0.05, 0.1) is 0 Å². The lowest BCUT2D eigenvalue weighted by Gasteiger charge is -2.21. The van der Waals surface area contributed by atoms with E-state index in [1.807, 2.05) is 54.6 Å². The van der Waals surface area contributed by atoms with Gasteiger partial charge in [-0.05, 0) is 29.7 Å². The molecule has 5 heteroatoms. The molecule has 0 bridgehead atoms. The molecule has 1 fully saturated rings. The van der Waals surface area contributed by atoms with Crippen molar-refractivity contribution in [3.05, 3.63) is 65.7 Å². The zero-order valence-electron chi connectivity index (χ0n) is 13.2. The molecule has 0 radical (unpaired) electrons. The molecule has 124 valence electrons. The molecule has 2 aromatic carbocycles. The summed E-state index contributed by atoms with van der Waals surface area (Å²) >= 11 is 0. The molecule has 1 N–H and O–H groups in total. The maximum absolute atomic E-state index is 11.9. The fourth-order valence-electron chi connectivity index (χ4n) is 2.86. The first kappa shape index (κ1) is 16.1. The largest absolute Gasteiger partial charge is 0.489 e. The number of carboxylic acid groups (broad SMARTS) is 1. The van der Waals surface area contributed by atoms with Gasteiger partial charge in [0.1, 0.15) is 18.4 Å². The molecule has 1 aliphatic heterocycles. The van der Waals surface area contributed by atoms with E-state index < -0.39 is 12.0 Å². The van der Waals surface area contributed by atoms with Crippen LogP contribution in [0.4, 0.5) is 0 Å². The molecular weight excluding hydrogens is 306 g/mol. The van der Waals surface area contributed by atoms with Crippen LogP contribution < -0.4 is 4.74 Å². The van der Waals surface area contributed by atoms with Gasteiger partial charge < -0.3 is 14.7 Å². The van der Waals surface area contributed by atoms with Crippen molar-refractivity contribution in [3.8, 4) is 5.75 Å². The van der Waals surface area contributed by atoms with E-state index in [1.54, 1.807) is 0 Å². The number of likely N-dealkylation sites (tertiary alicyclic amines) is 1. The van der Waals surface area contributed by atoms with E-state index in [-0.39, 0.29) is 5.91 Å². The van der Waals surface area contributed by atoms with Gasteiger partial charge in [-0.1, -0.05) is 42.5 Å². The normalized spacial score (nSPS) is 17.1. The standard InChI is InChI=1S/C19H19NO4/c21-18-10-9-17(19(22)23)20(18)12-15-7-4-8-16(11-15)24-13-14-5-2-1-3-6-14/h1-8,11,17H,9-10,12-13H2,(H,22,23)/t17-/m1/s1. The number of rotatable bonds is 6. The number of aliphatic carboxylic acids is 1. The van der Waals surface area contributed by atoms with Crippen molar-refractivity contribution in [1.29, 1.82) is 0 Å². The molecule has 0 aromatic heterocycles. The fourth-order valence-corrected chi connectivity index (χ4v) is 2.86. The van der Waals surface area contributed by atoms with Crippen LogP contribution in [0.2, 0.25) is 0 Å². The van der Waals surface area contributed by atoms with E-state index in [4.69, 9.17) is 4.74 Å². The van der Waals surface area contributed by atoms with Crippen LogP contribution in [0.5, 0.6) is 5.75 Å². The average molecular weight is 325 g/mol. The SMILES string of the molecule is O=C(O)[C@H]1CCC(=O)N1Cc1cccc(OCc2ccccc2)c1. The van der Waals surface area contributed by atoms with Crippen molar-refractivity contribution in [2.24, 2.45) is 0 Å². The van der Waals surface area contributed by atoms with Crippen molar-refractivity contribution in [2.75, 3.05) is 0 Å². The summed E-state index contributed by atoms with van der Waals surface area (Å²) in [6.45, 7) is 0.753. The third-order valence-corrected chi connectivity index (χ3v) is 4.11. The Bertz CT molecular complexity index is 729. The van der Waals surface area contributed by atoms with Crippen LogP contribution >= 0.6 is 0 Å². The highest BCUT2D eigenvalue weighted by Gasteiger charge is 2.35. The molecule has 0 spiro atoms. The van der Waals surface area contributed by atoms with Crippen LogP contribution in [0.25, 0.3) is 0 Å². The minimum atomic E-state index is -0.947. The number of nitrogens with zero attached hydrogens (tertiary/aromatic N) is 1. The van der Waals surface area contributed by atoms with Crippen molar-refractivity contribution < 1.29 is 19.4 Å². The average Bonchev–Trinajstić information content (AvgIpc) is 2.95. The zero-order valence-corrected chi connectivity index (χ0v) is 13.2. The van der Waals surface area contributed by atoms with Crippen LogP contribution in [-0.2, 0) is 22.7 Å². The number of carboxylic acids is 1. The number of amides is 1. The van der Waals surface area contributed by atoms with Crippen molar-refractivity contribution in [1.82, 2.24) is 4.90 Å². The number of hydrogen-bond acceptors (Lipinski definition) is 3. The molecule has 2 aromatic rings. The summed E-state index contributed by atoms with van der Waals surface area (Å²) in [4.78, 5) is 24.6. The third kappa shape index (κ3) is 3.74. The molecule has 24 heavy (non-hydrogen) atoms. The van der Waals surface area contributed by atoms with E-state index in [9.17, 15) is 14.7 Å². The molecule has 3 rings (SSSR count). The first-order valence-electron chi connectivity index (χ1n) is 7.91. The summed E-state index contributed by atoms with van der Waals surface area (Å²) in [7, 11) is 0. The molecule has 0 aliphatic carbocycles. The van der Waals surface area contributed by atoms with Crippen LogP contribution in [0.1, 0.15) is 24.0 Å². The Morgan fingerprint density at radius 3 is 2.62 bits per heavy atom. The maximum atomic E-state index is 11.9. The highest BCUT2D eigenvalue weighted by Crippen LogP contribution is 2.23. The van der Waals surface area contributed by atoms with Gasteiger partial charge in [0, 0.05) is 13.0 Å². The van der Waals surface area contributed by atoms with Gasteiger partial charge in [-0.2, -0.15) is 0 Å². The molecule has 1 saturated heterocycles. The Kier molecular flexibility index (Phi) is 4.79. The summed E-state index contributed by atoms with van der Waals surface area (Å²) in [5.74, 6) is -0.356. The zero-order chi connectivity index (χ0) is 16.9. The fraction of sp³-hybridized carbons (Fsp3) is 0.263. The number of carbonyl (C=O) groups is 2. The highest BCUT2D eigenvalue weighted by molar-refractivity contribution is 5.87. The summed E-state index contributed by atoms with van der Waals surface area (Å²) < 4.78 is 5.78. The van der Waals surface area contributed by atoms with Gasteiger partial charge in [0.2, 0.25) is 5.91 Å². The topological polar surface area (TPSA) is 66.8 Å². The lowest BCUT2D eigenvalue weighted by molar-refractivity contribution is -0.146. The molecule has 1 heterocycles. The predicted molar refractivity (Wildman–Crippen MR) is 88.4 cm³/mol. The van der Waals surface area contributed by atoms with Crippen molar-refractivity contribution >= 4 is 11.9 Å². The van der Waals surface area contributed by atoms with E-state index >= 15 is 0 Å². The first-order valence-corrected chi connectivity index (χ1v) is 7.91. The molecular formula is C19H19NO4. The van der Waals surface area contributed by atoms with Gasteiger partial charge >= 0.3 is 5.97 Å². The summed E-state index contributed by atoms with van der Waals surface area (Å²) in [5, 5.41) is 9.23. The van der Waals surface area contributed by atoms with Gasteiger partial charge in [-0.25, -0.2) is 4.79 Å². The number of hydrogen-bond donors (Lipinski definition) is 1. The Hall–Kier alpha value is -2.82. The second kappa shape index (κ2) is 7.17. The van der Waals surface area contributed by atoms with Gasteiger partial charge in [0.25, 0.3) is 0 Å². The van der Waals surface area contributed by atoms with Crippen molar-refractivity contribution in [2.45, 2.75) is 32.0 Å². The second-order valence-corrected chi connectivity index (χ2v) is 5.84. The predicted octanol–water partition coefficient (Wildman–Crippen LogP) is 2.84.